The molecule has 2 amide bonds. The van der Waals surface area contributed by atoms with Gasteiger partial charge in [-0.15, -0.1) is 0 Å². The Morgan fingerprint density at radius 2 is 2.00 bits per heavy atom. The number of urea groups is 1. The molecule has 0 aliphatic carbocycles. The second-order valence-electron chi connectivity index (χ2n) is 7.38. The van der Waals surface area contributed by atoms with E-state index in [0.29, 0.717) is 12.4 Å². The van der Waals surface area contributed by atoms with Crippen LogP contribution in [-0.2, 0) is 14.2 Å². The van der Waals surface area contributed by atoms with Gasteiger partial charge in [0.15, 0.2) is 11.9 Å². The molecule has 5 atom stereocenters. The first kappa shape index (κ1) is 23.3. The molecule has 1 aromatic rings. The first-order valence-corrected chi connectivity index (χ1v) is 9.75. The molecule has 2 fully saturated rings. The quantitative estimate of drug-likeness (QED) is 0.364. The van der Waals surface area contributed by atoms with Crippen molar-refractivity contribution in [3.63, 3.8) is 0 Å². The van der Waals surface area contributed by atoms with E-state index in [9.17, 15) is 19.8 Å². The molecule has 0 saturated carbocycles. The minimum absolute atomic E-state index is 0.346. The van der Waals surface area contributed by atoms with Crippen LogP contribution in [-0.4, -0.2) is 88.9 Å². The second kappa shape index (κ2) is 9.83. The van der Waals surface area contributed by atoms with Crippen LogP contribution in [0.15, 0.2) is 36.5 Å². The maximum absolute atomic E-state index is 12.7. The van der Waals surface area contributed by atoms with Crippen LogP contribution >= 0.6 is 0 Å². The second-order valence-corrected chi connectivity index (χ2v) is 7.38. The SMILES string of the molecule is C1COCO1.Cc1cccc(C(=O)C2(N)C=CN([C@@H]3O[C@H](CO)[C@@H](O)[C@H]3O)C(=O)N2)c1. The molecule has 6 N–H and O–H groups in total. The molecular weight excluding hydrogens is 410 g/mol. The van der Waals surface area contributed by atoms with Crippen LogP contribution in [0.5, 0.6) is 0 Å². The van der Waals surface area contributed by atoms with Crippen molar-refractivity contribution >= 4 is 11.8 Å². The Hall–Kier alpha value is -2.38. The number of hydrogen-bond donors (Lipinski definition) is 5. The fraction of sp³-hybridized carbons (Fsp3) is 0.500. The zero-order chi connectivity index (χ0) is 22.6. The molecule has 0 aromatic heterocycles. The third-order valence-corrected chi connectivity index (χ3v) is 5.03. The summed E-state index contributed by atoms with van der Waals surface area (Å²) in [6, 6.07) is 6.04. The van der Waals surface area contributed by atoms with Crippen LogP contribution in [0, 0.1) is 6.92 Å². The smallest absolute Gasteiger partial charge is 0.325 e. The van der Waals surface area contributed by atoms with E-state index >= 15 is 0 Å². The van der Waals surface area contributed by atoms with Gasteiger partial charge in [0.1, 0.15) is 25.1 Å². The lowest BCUT2D eigenvalue weighted by molar-refractivity contribution is -0.0666. The fourth-order valence-corrected chi connectivity index (χ4v) is 3.31. The van der Waals surface area contributed by atoms with E-state index < -0.39 is 48.6 Å². The number of amides is 2. The number of rotatable bonds is 4. The van der Waals surface area contributed by atoms with Crippen molar-refractivity contribution in [2.24, 2.45) is 5.73 Å². The number of aliphatic hydroxyl groups is 3. The molecule has 31 heavy (non-hydrogen) atoms. The lowest BCUT2D eigenvalue weighted by Crippen LogP contribution is -2.66. The van der Waals surface area contributed by atoms with Crippen LogP contribution < -0.4 is 11.1 Å². The molecule has 4 rings (SSSR count). The average molecular weight is 437 g/mol. The number of aliphatic hydroxyl groups excluding tert-OH is 3. The van der Waals surface area contributed by atoms with Gasteiger partial charge in [-0.05, 0) is 19.1 Å². The van der Waals surface area contributed by atoms with Crippen molar-refractivity contribution in [3.05, 3.63) is 47.7 Å². The first-order valence-electron chi connectivity index (χ1n) is 9.75. The number of carbonyl (C=O) groups is 2. The van der Waals surface area contributed by atoms with E-state index in [4.69, 9.17) is 25.1 Å². The van der Waals surface area contributed by atoms with Crippen LogP contribution in [0.1, 0.15) is 15.9 Å². The molecule has 3 aliphatic heterocycles. The average Bonchev–Trinajstić information content (AvgIpc) is 3.41. The molecule has 170 valence electrons. The largest absolute Gasteiger partial charge is 0.394 e. The van der Waals surface area contributed by atoms with Crippen molar-refractivity contribution in [2.75, 3.05) is 26.6 Å². The standard InChI is InChI=1S/C17H21N3O6.C3H6O2/c1-9-3-2-4-10(7-9)14(24)17(18)5-6-20(16(25)19-17)15-13(23)12(22)11(8-21)26-15;1-2-5-3-4-1/h2-7,11-13,15,21-23H,8,18H2,1H3,(H,19,25);1-3H2/t11-,12-,13-,15-,17?;/m1./s1. The topological polar surface area (TPSA) is 164 Å². The molecule has 2 saturated heterocycles. The highest BCUT2D eigenvalue weighted by Crippen LogP contribution is 2.27. The number of nitrogens with one attached hydrogen (secondary N) is 1. The maximum atomic E-state index is 12.7. The first-order chi connectivity index (χ1) is 14.8. The molecule has 3 heterocycles. The van der Waals surface area contributed by atoms with Crippen LogP contribution in [0.4, 0.5) is 4.79 Å². The molecular formula is C20H27N3O8. The highest BCUT2D eigenvalue weighted by molar-refractivity contribution is 6.06. The summed E-state index contributed by atoms with van der Waals surface area (Å²) in [4.78, 5) is 26.1. The minimum Gasteiger partial charge on any atom is -0.394 e. The van der Waals surface area contributed by atoms with Gasteiger partial charge in [0.2, 0.25) is 5.78 Å². The van der Waals surface area contributed by atoms with Gasteiger partial charge in [0, 0.05) is 11.8 Å². The zero-order valence-corrected chi connectivity index (χ0v) is 17.0. The highest BCUT2D eigenvalue weighted by Gasteiger charge is 2.48. The Morgan fingerprint density at radius 3 is 2.52 bits per heavy atom. The lowest BCUT2D eigenvalue weighted by atomic mass is 9.96. The van der Waals surface area contributed by atoms with Gasteiger partial charge in [0.05, 0.1) is 19.8 Å². The Balaban J connectivity index is 0.000000478. The summed E-state index contributed by atoms with van der Waals surface area (Å²) in [6.07, 6.45) is -2.47. The predicted octanol–water partition coefficient (Wildman–Crippen LogP) is -1.20. The van der Waals surface area contributed by atoms with E-state index in [0.717, 1.165) is 23.7 Å². The Bertz CT molecular complexity index is 823. The maximum Gasteiger partial charge on any atom is 0.325 e. The molecule has 3 aliphatic rings. The summed E-state index contributed by atoms with van der Waals surface area (Å²) < 4.78 is 14.8. The Kier molecular flexibility index (Phi) is 7.38. The van der Waals surface area contributed by atoms with E-state index in [-0.39, 0.29) is 0 Å². The van der Waals surface area contributed by atoms with Crippen molar-refractivity contribution in [3.8, 4) is 0 Å². The van der Waals surface area contributed by atoms with E-state index in [1.807, 2.05) is 13.0 Å². The van der Waals surface area contributed by atoms with Gasteiger partial charge < -0.3 is 34.8 Å². The lowest BCUT2D eigenvalue weighted by Gasteiger charge is -2.36. The summed E-state index contributed by atoms with van der Waals surface area (Å²) in [5, 5.41) is 31.4. The summed E-state index contributed by atoms with van der Waals surface area (Å²) in [6.45, 7) is 3.37. The Morgan fingerprint density at radius 1 is 1.29 bits per heavy atom. The van der Waals surface area contributed by atoms with Gasteiger partial charge in [0.25, 0.3) is 0 Å². The molecule has 0 radical (unpaired) electrons. The van der Waals surface area contributed by atoms with Crippen molar-refractivity contribution in [1.29, 1.82) is 0 Å². The van der Waals surface area contributed by atoms with Crippen LogP contribution in [0.25, 0.3) is 0 Å². The minimum atomic E-state index is -1.75. The van der Waals surface area contributed by atoms with Crippen molar-refractivity contribution < 1.29 is 39.1 Å². The summed E-state index contributed by atoms with van der Waals surface area (Å²) in [5.41, 5.74) is 5.53. The molecule has 11 nitrogen and oxygen atoms in total. The van der Waals surface area contributed by atoms with Gasteiger partial charge in [-0.1, -0.05) is 23.8 Å². The zero-order valence-electron chi connectivity index (χ0n) is 17.0. The summed E-state index contributed by atoms with van der Waals surface area (Å²) in [7, 11) is 0. The monoisotopic (exact) mass is 437 g/mol. The fourth-order valence-electron chi connectivity index (χ4n) is 3.31. The number of benzene rings is 1. The van der Waals surface area contributed by atoms with Gasteiger partial charge in [-0.25, -0.2) is 4.79 Å². The highest BCUT2D eigenvalue weighted by atomic mass is 16.7. The molecule has 1 aromatic carbocycles. The van der Waals surface area contributed by atoms with Gasteiger partial charge >= 0.3 is 6.03 Å². The van der Waals surface area contributed by atoms with Gasteiger partial charge in [-0.3, -0.25) is 15.4 Å². The number of ether oxygens (including phenoxy) is 3. The molecule has 0 bridgehead atoms. The predicted molar refractivity (Wildman–Crippen MR) is 106 cm³/mol. The van der Waals surface area contributed by atoms with Crippen LogP contribution in [0.3, 0.4) is 0 Å². The van der Waals surface area contributed by atoms with E-state index in [1.54, 1.807) is 18.2 Å². The van der Waals surface area contributed by atoms with E-state index in [2.05, 4.69) is 5.32 Å². The van der Waals surface area contributed by atoms with E-state index in [1.165, 1.54) is 12.3 Å². The van der Waals surface area contributed by atoms with Crippen LogP contribution in [0.2, 0.25) is 0 Å². The number of hydrogen-bond acceptors (Lipinski definition) is 9. The number of carbonyl (C=O) groups excluding carboxylic acids is 2. The summed E-state index contributed by atoms with van der Waals surface area (Å²) in [5.74, 6) is -0.494. The number of nitrogens with zero attached hydrogens (tertiary/aromatic N) is 1. The number of ketones is 1. The third-order valence-electron chi connectivity index (χ3n) is 5.03. The molecule has 11 heteroatoms. The van der Waals surface area contributed by atoms with Crippen molar-refractivity contribution in [1.82, 2.24) is 10.2 Å². The summed E-state index contributed by atoms with van der Waals surface area (Å²) >= 11 is 0. The van der Waals surface area contributed by atoms with Crippen molar-refractivity contribution in [2.45, 2.75) is 37.1 Å². The molecule has 1 unspecified atom stereocenters. The molecule has 0 spiro atoms. The Labute approximate surface area is 179 Å². The normalized spacial score (nSPS) is 32.4. The van der Waals surface area contributed by atoms with Gasteiger partial charge in [-0.2, -0.15) is 0 Å². The number of Topliss-reactive ketones (excluding diaryl/α,β-unsaturated/α-hetero) is 1. The third kappa shape index (κ3) is 5.10. The number of aryl methyl sites for hydroxylation is 1. The number of nitrogens with two attached hydrogens (primary N) is 1.